The van der Waals surface area contributed by atoms with Crippen LogP contribution >= 0.6 is 0 Å². The first-order valence-electron chi connectivity index (χ1n) is 6.97. The molecule has 1 saturated carbocycles. The fourth-order valence-electron chi connectivity index (χ4n) is 2.96. The molecule has 2 aliphatic carbocycles. The molecule has 3 rings (SSSR count). The zero-order chi connectivity index (χ0) is 13.9. The molecule has 2 unspecified atom stereocenters. The third-order valence-corrected chi connectivity index (χ3v) is 4.06. The first kappa shape index (κ1) is 13.0. The summed E-state index contributed by atoms with van der Waals surface area (Å²) in [6.45, 7) is 0. The van der Waals surface area contributed by atoms with Gasteiger partial charge in [0.05, 0.1) is 7.11 Å². The van der Waals surface area contributed by atoms with Crippen LogP contribution in [0.5, 0.6) is 5.75 Å². The molecule has 2 aliphatic rings. The van der Waals surface area contributed by atoms with Crippen molar-refractivity contribution in [3.63, 3.8) is 0 Å². The van der Waals surface area contributed by atoms with Gasteiger partial charge in [0.2, 0.25) is 0 Å². The zero-order valence-electron chi connectivity index (χ0n) is 11.5. The van der Waals surface area contributed by atoms with Crippen LogP contribution in [0.25, 0.3) is 6.08 Å². The Labute approximate surface area is 118 Å². The van der Waals surface area contributed by atoms with Crippen molar-refractivity contribution in [1.82, 2.24) is 0 Å². The number of hydrogen-bond donors (Lipinski definition) is 0. The minimum Gasteiger partial charge on any atom is -0.497 e. The normalized spacial score (nSPS) is 27.1. The number of hydrogen-bond acceptors (Lipinski definition) is 3. The van der Waals surface area contributed by atoms with Gasteiger partial charge >= 0.3 is 5.97 Å². The van der Waals surface area contributed by atoms with Gasteiger partial charge in [-0.3, -0.25) is 0 Å². The van der Waals surface area contributed by atoms with Crippen molar-refractivity contribution < 1.29 is 14.3 Å². The lowest BCUT2D eigenvalue weighted by Gasteiger charge is -2.15. The standard InChI is InChI=1S/C17H18O3/c1-19-15-9-2-12(3-10-15)4-11-16(18)20-17-13-5-6-14(17)8-7-13/h2-6,9-11,13-14,17H,7-8H2,1H3/b11-4+. The molecule has 3 nitrogen and oxygen atoms in total. The monoisotopic (exact) mass is 270 g/mol. The topological polar surface area (TPSA) is 35.5 Å². The quantitative estimate of drug-likeness (QED) is 0.479. The summed E-state index contributed by atoms with van der Waals surface area (Å²) >= 11 is 0. The minimum atomic E-state index is -0.258. The van der Waals surface area contributed by atoms with Crippen molar-refractivity contribution in [3.8, 4) is 5.75 Å². The number of ether oxygens (including phenoxy) is 2. The number of carbonyl (C=O) groups excluding carboxylic acids is 1. The average molecular weight is 270 g/mol. The van der Waals surface area contributed by atoms with Crippen molar-refractivity contribution in [1.29, 1.82) is 0 Å². The van der Waals surface area contributed by atoms with E-state index in [0.29, 0.717) is 11.8 Å². The van der Waals surface area contributed by atoms with Gasteiger partial charge in [-0.1, -0.05) is 24.3 Å². The molecule has 2 bridgehead atoms. The third-order valence-electron chi connectivity index (χ3n) is 4.06. The average Bonchev–Trinajstić information content (AvgIpc) is 3.05. The number of fused-ring (bicyclic) bond motifs is 2. The van der Waals surface area contributed by atoms with Crippen LogP contribution in [0.1, 0.15) is 18.4 Å². The molecule has 0 saturated heterocycles. The molecule has 1 aromatic rings. The van der Waals surface area contributed by atoms with E-state index in [9.17, 15) is 4.79 Å². The summed E-state index contributed by atoms with van der Waals surface area (Å²) in [5.74, 6) is 1.40. The molecule has 0 spiro atoms. The Hall–Kier alpha value is -2.03. The maximum Gasteiger partial charge on any atom is 0.331 e. The van der Waals surface area contributed by atoms with Crippen LogP contribution < -0.4 is 4.74 Å². The molecule has 2 atom stereocenters. The highest BCUT2D eigenvalue weighted by Crippen LogP contribution is 2.41. The van der Waals surface area contributed by atoms with E-state index in [2.05, 4.69) is 12.2 Å². The molecule has 20 heavy (non-hydrogen) atoms. The lowest BCUT2D eigenvalue weighted by atomic mass is 10.1. The number of rotatable bonds is 4. The molecule has 104 valence electrons. The van der Waals surface area contributed by atoms with E-state index >= 15 is 0 Å². The molecule has 0 aliphatic heterocycles. The fourth-order valence-corrected chi connectivity index (χ4v) is 2.96. The third kappa shape index (κ3) is 2.62. The van der Waals surface area contributed by atoms with E-state index in [-0.39, 0.29) is 12.1 Å². The number of carbonyl (C=O) groups is 1. The minimum absolute atomic E-state index is 0.0583. The summed E-state index contributed by atoms with van der Waals surface area (Å²) in [7, 11) is 1.63. The maximum absolute atomic E-state index is 11.9. The lowest BCUT2D eigenvalue weighted by Crippen LogP contribution is -2.21. The van der Waals surface area contributed by atoms with Crippen molar-refractivity contribution in [2.24, 2.45) is 11.8 Å². The Kier molecular flexibility index (Phi) is 3.59. The Balaban J connectivity index is 1.57. The van der Waals surface area contributed by atoms with Gasteiger partial charge in [0, 0.05) is 17.9 Å². The second kappa shape index (κ2) is 5.53. The van der Waals surface area contributed by atoms with Crippen LogP contribution in [0.2, 0.25) is 0 Å². The van der Waals surface area contributed by atoms with Gasteiger partial charge < -0.3 is 9.47 Å². The molecule has 0 radical (unpaired) electrons. The molecule has 0 heterocycles. The highest BCUT2D eigenvalue weighted by molar-refractivity contribution is 5.87. The van der Waals surface area contributed by atoms with Crippen molar-refractivity contribution in [2.45, 2.75) is 18.9 Å². The van der Waals surface area contributed by atoms with Crippen LogP contribution in [-0.4, -0.2) is 19.2 Å². The molecule has 1 fully saturated rings. The van der Waals surface area contributed by atoms with Gasteiger partial charge in [-0.25, -0.2) is 4.79 Å². The van der Waals surface area contributed by atoms with E-state index in [1.807, 2.05) is 24.3 Å². The van der Waals surface area contributed by atoms with Crippen LogP contribution in [0.15, 0.2) is 42.5 Å². The predicted octanol–water partition coefficient (Wildman–Crippen LogP) is 3.22. The molecular formula is C17H18O3. The summed E-state index contributed by atoms with van der Waals surface area (Å²) in [6, 6.07) is 7.55. The Morgan fingerprint density at radius 2 is 1.80 bits per heavy atom. The van der Waals surface area contributed by atoms with Crippen LogP contribution in [-0.2, 0) is 9.53 Å². The van der Waals surface area contributed by atoms with Gasteiger partial charge in [0.25, 0.3) is 0 Å². The van der Waals surface area contributed by atoms with Crippen molar-refractivity contribution in [3.05, 3.63) is 48.1 Å². The molecule has 0 amide bonds. The number of esters is 1. The largest absolute Gasteiger partial charge is 0.497 e. The Morgan fingerprint density at radius 3 is 2.35 bits per heavy atom. The summed E-state index contributed by atoms with van der Waals surface area (Å²) in [5.41, 5.74) is 0.954. The lowest BCUT2D eigenvalue weighted by molar-refractivity contribution is -0.144. The molecular weight excluding hydrogens is 252 g/mol. The first-order valence-corrected chi connectivity index (χ1v) is 6.97. The molecule has 0 aromatic heterocycles. The van der Waals surface area contributed by atoms with Gasteiger partial charge in [-0.15, -0.1) is 0 Å². The van der Waals surface area contributed by atoms with E-state index in [1.165, 1.54) is 6.08 Å². The first-order chi connectivity index (χ1) is 9.76. The maximum atomic E-state index is 11.9. The number of methoxy groups -OCH3 is 1. The smallest absolute Gasteiger partial charge is 0.331 e. The SMILES string of the molecule is COc1ccc(/C=C/C(=O)OC2C3C=CC2CC3)cc1. The van der Waals surface area contributed by atoms with Crippen LogP contribution in [0.3, 0.4) is 0 Å². The fraction of sp³-hybridized carbons (Fsp3) is 0.353. The highest BCUT2D eigenvalue weighted by Gasteiger charge is 2.39. The molecule has 0 N–H and O–H groups in total. The van der Waals surface area contributed by atoms with Gasteiger partial charge in [0.15, 0.2) is 0 Å². The van der Waals surface area contributed by atoms with Crippen molar-refractivity contribution in [2.75, 3.05) is 7.11 Å². The summed E-state index contributed by atoms with van der Waals surface area (Å²) in [5, 5.41) is 0. The molecule has 1 aromatic carbocycles. The van der Waals surface area contributed by atoms with E-state index < -0.39 is 0 Å². The second-order valence-electron chi connectivity index (χ2n) is 5.30. The van der Waals surface area contributed by atoms with E-state index in [1.54, 1.807) is 13.2 Å². The summed E-state index contributed by atoms with van der Waals surface area (Å²) in [6.07, 6.45) is 9.97. The van der Waals surface area contributed by atoms with E-state index in [4.69, 9.17) is 9.47 Å². The predicted molar refractivity (Wildman–Crippen MR) is 77.3 cm³/mol. The van der Waals surface area contributed by atoms with Gasteiger partial charge in [-0.2, -0.15) is 0 Å². The van der Waals surface area contributed by atoms with Gasteiger partial charge in [0.1, 0.15) is 11.9 Å². The highest BCUT2D eigenvalue weighted by atomic mass is 16.5. The Bertz CT molecular complexity index is 528. The van der Waals surface area contributed by atoms with Crippen LogP contribution in [0.4, 0.5) is 0 Å². The molecule has 3 heteroatoms. The van der Waals surface area contributed by atoms with Gasteiger partial charge in [-0.05, 0) is 36.6 Å². The summed E-state index contributed by atoms with van der Waals surface area (Å²) < 4.78 is 10.6. The Morgan fingerprint density at radius 1 is 1.15 bits per heavy atom. The number of benzene rings is 1. The van der Waals surface area contributed by atoms with Crippen LogP contribution in [0, 0.1) is 11.8 Å². The zero-order valence-corrected chi connectivity index (χ0v) is 11.5. The second-order valence-corrected chi connectivity index (χ2v) is 5.30. The summed E-state index contributed by atoms with van der Waals surface area (Å²) in [4.78, 5) is 11.9. The van der Waals surface area contributed by atoms with E-state index in [0.717, 1.165) is 24.2 Å². The van der Waals surface area contributed by atoms with Crippen molar-refractivity contribution >= 4 is 12.0 Å².